The topological polar surface area (TPSA) is 98.0 Å². The molecule has 152 valence electrons. The largest absolute Gasteiger partial charge is 0.481 e. The van der Waals surface area contributed by atoms with Gasteiger partial charge in [-0.2, -0.15) is 0 Å². The van der Waals surface area contributed by atoms with Gasteiger partial charge in [-0.05, 0) is 31.6 Å². The third kappa shape index (κ3) is 9.70. The molecular formula is C22H34O5. The molecule has 27 heavy (non-hydrogen) atoms. The van der Waals surface area contributed by atoms with E-state index in [4.69, 9.17) is 5.11 Å². The molecule has 0 bridgehead atoms. The Morgan fingerprint density at radius 1 is 1.04 bits per heavy atom. The normalized spacial score (nSPS) is 27.6. The van der Waals surface area contributed by atoms with Gasteiger partial charge in [-0.3, -0.25) is 4.79 Å². The van der Waals surface area contributed by atoms with Gasteiger partial charge in [-0.15, -0.1) is 0 Å². The van der Waals surface area contributed by atoms with Gasteiger partial charge in [0, 0.05) is 18.8 Å². The molecule has 0 saturated heterocycles. The summed E-state index contributed by atoms with van der Waals surface area (Å²) >= 11 is 0. The van der Waals surface area contributed by atoms with Gasteiger partial charge >= 0.3 is 5.97 Å². The number of carboxylic acid groups (broad SMARTS) is 1. The average molecular weight is 379 g/mol. The van der Waals surface area contributed by atoms with Crippen molar-refractivity contribution in [2.75, 3.05) is 0 Å². The number of carbonyl (C=O) groups is 1. The molecular weight excluding hydrogens is 344 g/mol. The molecule has 4 N–H and O–H groups in total. The summed E-state index contributed by atoms with van der Waals surface area (Å²) in [6, 6.07) is 0. The van der Waals surface area contributed by atoms with Crippen LogP contribution < -0.4 is 0 Å². The smallest absolute Gasteiger partial charge is 0.303 e. The van der Waals surface area contributed by atoms with Gasteiger partial charge in [0.05, 0.1) is 18.3 Å². The van der Waals surface area contributed by atoms with Crippen molar-refractivity contribution in [3.05, 3.63) is 48.6 Å². The quantitative estimate of drug-likeness (QED) is 0.390. The van der Waals surface area contributed by atoms with Crippen LogP contribution in [0.15, 0.2) is 48.6 Å². The number of aliphatic hydroxyl groups excluding tert-OH is 3. The van der Waals surface area contributed by atoms with Gasteiger partial charge in [0.25, 0.3) is 0 Å². The Balaban J connectivity index is 2.21. The molecule has 5 heteroatoms. The Bertz CT molecular complexity index is 535. The van der Waals surface area contributed by atoms with E-state index in [0.29, 0.717) is 19.3 Å². The first kappa shape index (κ1) is 23.3. The molecule has 0 spiro atoms. The molecule has 1 rings (SSSR count). The maximum absolute atomic E-state index is 10.3. The van der Waals surface area contributed by atoms with E-state index in [0.717, 1.165) is 19.3 Å². The minimum atomic E-state index is -0.778. The van der Waals surface area contributed by atoms with Gasteiger partial charge in [0.1, 0.15) is 0 Å². The maximum atomic E-state index is 10.3. The molecule has 0 aromatic heterocycles. The van der Waals surface area contributed by atoms with Gasteiger partial charge in [-0.25, -0.2) is 0 Å². The highest BCUT2D eigenvalue weighted by Gasteiger charge is 2.38. The average Bonchev–Trinajstić information content (AvgIpc) is 2.90. The van der Waals surface area contributed by atoms with Gasteiger partial charge in [0.2, 0.25) is 0 Å². The number of carboxylic acids is 1. The zero-order valence-electron chi connectivity index (χ0n) is 16.2. The van der Waals surface area contributed by atoms with E-state index in [9.17, 15) is 20.1 Å². The second kappa shape index (κ2) is 13.5. The van der Waals surface area contributed by atoms with Crippen LogP contribution >= 0.6 is 0 Å². The first-order valence-corrected chi connectivity index (χ1v) is 9.85. The molecule has 0 aliphatic heterocycles. The third-order valence-corrected chi connectivity index (χ3v) is 4.89. The van der Waals surface area contributed by atoms with Crippen LogP contribution in [0.1, 0.15) is 51.9 Å². The molecule has 0 amide bonds. The van der Waals surface area contributed by atoms with Gasteiger partial charge in [-0.1, -0.05) is 62.0 Å². The van der Waals surface area contributed by atoms with Crippen LogP contribution in [-0.4, -0.2) is 44.7 Å². The summed E-state index contributed by atoms with van der Waals surface area (Å²) in [6.07, 6.45) is 17.8. The van der Waals surface area contributed by atoms with Crippen LogP contribution in [0, 0.1) is 11.8 Å². The Morgan fingerprint density at radius 2 is 1.67 bits per heavy atom. The van der Waals surface area contributed by atoms with Gasteiger partial charge in [0.15, 0.2) is 0 Å². The molecule has 1 aliphatic rings. The van der Waals surface area contributed by atoms with E-state index in [1.54, 1.807) is 6.08 Å². The number of hydrogen-bond acceptors (Lipinski definition) is 4. The van der Waals surface area contributed by atoms with Crippen molar-refractivity contribution in [1.82, 2.24) is 0 Å². The standard InChI is InChI=1S/C22H34O5/c1-2-18-19(21(25)16-20(18)24)15-14-17(23)12-10-8-6-4-3-5-7-9-11-13-22(26)27/h3-4,7-10,14-15,17-21,23-25H,2,5-6,11-13,16H2,1H3,(H,26,27)/b4-3-,9-7-,10-8-,15-14+. The van der Waals surface area contributed by atoms with Crippen molar-refractivity contribution in [1.29, 1.82) is 0 Å². The fourth-order valence-electron chi connectivity index (χ4n) is 3.37. The molecule has 1 fully saturated rings. The van der Waals surface area contributed by atoms with Crippen LogP contribution in [0.4, 0.5) is 0 Å². The van der Waals surface area contributed by atoms with Crippen LogP contribution in [0.3, 0.4) is 0 Å². The minimum absolute atomic E-state index is 0.0577. The Labute approximate surface area is 162 Å². The fraction of sp³-hybridized carbons (Fsp3) is 0.591. The summed E-state index contributed by atoms with van der Waals surface area (Å²) in [4.78, 5) is 10.3. The second-order valence-electron chi connectivity index (χ2n) is 7.03. The van der Waals surface area contributed by atoms with Crippen LogP contribution in [-0.2, 0) is 4.79 Å². The zero-order chi connectivity index (χ0) is 20.1. The lowest BCUT2D eigenvalue weighted by atomic mass is 9.90. The highest BCUT2D eigenvalue weighted by Crippen LogP contribution is 2.35. The second-order valence-corrected chi connectivity index (χ2v) is 7.03. The fourth-order valence-corrected chi connectivity index (χ4v) is 3.37. The number of aliphatic carboxylic acids is 1. The first-order valence-electron chi connectivity index (χ1n) is 9.85. The van der Waals surface area contributed by atoms with E-state index >= 15 is 0 Å². The SMILES string of the molecule is CCC1C(O)CC(O)C1/C=C/C(O)C/C=C\C/C=C\C/C=C\CCC(=O)O. The summed E-state index contributed by atoms with van der Waals surface area (Å²) in [6.45, 7) is 2.01. The molecule has 1 saturated carbocycles. The summed E-state index contributed by atoms with van der Waals surface area (Å²) in [5.41, 5.74) is 0. The number of allylic oxidation sites excluding steroid dienone is 5. The highest BCUT2D eigenvalue weighted by atomic mass is 16.4. The summed E-state index contributed by atoms with van der Waals surface area (Å²) in [5.74, 6) is -0.808. The predicted octanol–water partition coefficient (Wildman–Crippen LogP) is 3.38. The number of hydrogen-bond donors (Lipinski definition) is 4. The summed E-state index contributed by atoms with van der Waals surface area (Å²) < 4.78 is 0. The van der Waals surface area contributed by atoms with Crippen molar-refractivity contribution in [2.45, 2.75) is 70.2 Å². The predicted molar refractivity (Wildman–Crippen MR) is 107 cm³/mol. The van der Waals surface area contributed by atoms with Crippen molar-refractivity contribution < 1.29 is 25.2 Å². The van der Waals surface area contributed by atoms with Gasteiger partial charge < -0.3 is 20.4 Å². The van der Waals surface area contributed by atoms with E-state index in [1.165, 1.54) is 0 Å². The van der Waals surface area contributed by atoms with E-state index < -0.39 is 24.3 Å². The molecule has 0 aromatic rings. The third-order valence-electron chi connectivity index (χ3n) is 4.89. The summed E-state index contributed by atoms with van der Waals surface area (Å²) in [5, 5.41) is 38.5. The Kier molecular flexibility index (Phi) is 11.7. The molecule has 1 aliphatic carbocycles. The molecule has 0 heterocycles. The minimum Gasteiger partial charge on any atom is -0.481 e. The highest BCUT2D eigenvalue weighted by molar-refractivity contribution is 5.66. The van der Waals surface area contributed by atoms with Crippen molar-refractivity contribution in [3.63, 3.8) is 0 Å². The molecule has 0 radical (unpaired) electrons. The van der Waals surface area contributed by atoms with E-state index in [2.05, 4.69) is 0 Å². The number of aliphatic hydroxyl groups is 3. The monoisotopic (exact) mass is 378 g/mol. The molecule has 5 nitrogen and oxygen atoms in total. The van der Waals surface area contributed by atoms with Crippen molar-refractivity contribution in [2.24, 2.45) is 11.8 Å². The van der Waals surface area contributed by atoms with Crippen LogP contribution in [0.5, 0.6) is 0 Å². The van der Waals surface area contributed by atoms with E-state index in [-0.39, 0.29) is 18.3 Å². The van der Waals surface area contributed by atoms with Crippen LogP contribution in [0.25, 0.3) is 0 Å². The lowest BCUT2D eigenvalue weighted by Crippen LogP contribution is -2.20. The van der Waals surface area contributed by atoms with E-state index in [1.807, 2.05) is 49.5 Å². The Hall–Kier alpha value is -1.69. The molecule has 5 atom stereocenters. The molecule has 5 unspecified atom stereocenters. The lowest BCUT2D eigenvalue weighted by Gasteiger charge is -2.19. The lowest BCUT2D eigenvalue weighted by molar-refractivity contribution is -0.136. The Morgan fingerprint density at radius 3 is 2.30 bits per heavy atom. The maximum Gasteiger partial charge on any atom is 0.303 e. The zero-order valence-corrected chi connectivity index (χ0v) is 16.2. The molecule has 0 aromatic carbocycles. The van der Waals surface area contributed by atoms with Crippen molar-refractivity contribution >= 4 is 5.97 Å². The van der Waals surface area contributed by atoms with Crippen LogP contribution in [0.2, 0.25) is 0 Å². The van der Waals surface area contributed by atoms with Crippen molar-refractivity contribution in [3.8, 4) is 0 Å². The first-order chi connectivity index (χ1) is 13.0. The number of rotatable bonds is 12. The summed E-state index contributed by atoms with van der Waals surface area (Å²) in [7, 11) is 0.